The molecule has 0 saturated heterocycles. The number of fused-ring (bicyclic) bond motifs is 1. The van der Waals surface area contributed by atoms with Crippen LogP contribution in [0.15, 0.2) is 99.9 Å². The molecule has 1 aliphatic heterocycles. The Balaban J connectivity index is 1.61. The van der Waals surface area contributed by atoms with Gasteiger partial charge in [-0.2, -0.15) is 0 Å². The van der Waals surface area contributed by atoms with Crippen LogP contribution >= 0.6 is 11.3 Å². The van der Waals surface area contributed by atoms with Gasteiger partial charge in [-0.25, -0.2) is 9.79 Å². The zero-order valence-corrected chi connectivity index (χ0v) is 22.5. The van der Waals surface area contributed by atoms with E-state index in [4.69, 9.17) is 9.47 Å². The summed E-state index contributed by atoms with van der Waals surface area (Å²) in [6.07, 6.45) is 1.83. The molecule has 1 aromatic heterocycles. The predicted octanol–water partition coefficient (Wildman–Crippen LogP) is 5.32. The smallest absolute Gasteiger partial charge is 0.338 e. The maximum absolute atomic E-state index is 13.8. The molecule has 0 radical (unpaired) electrons. The van der Waals surface area contributed by atoms with Gasteiger partial charge < -0.3 is 9.47 Å². The first-order valence-electron chi connectivity index (χ1n) is 12.4. The van der Waals surface area contributed by atoms with Crippen LogP contribution in [0.5, 0.6) is 11.5 Å². The summed E-state index contributed by atoms with van der Waals surface area (Å²) in [5.74, 6) is 1.28. The lowest BCUT2D eigenvalue weighted by atomic mass is 9.93. The van der Waals surface area contributed by atoms with E-state index in [1.807, 2.05) is 84.9 Å². The van der Waals surface area contributed by atoms with E-state index in [-0.39, 0.29) is 5.56 Å². The Hall–Kier alpha value is -4.23. The number of esters is 1. The number of thiazole rings is 1. The van der Waals surface area contributed by atoms with Gasteiger partial charge >= 0.3 is 5.97 Å². The van der Waals surface area contributed by atoms with Gasteiger partial charge in [-0.1, -0.05) is 79.8 Å². The number of para-hydroxylation sites is 1. The quantitative estimate of drug-likeness (QED) is 0.320. The highest BCUT2D eigenvalue weighted by Crippen LogP contribution is 2.31. The molecule has 7 heteroatoms. The summed E-state index contributed by atoms with van der Waals surface area (Å²) in [6.45, 7) is 6.03. The standard InChI is InChI=1S/C31H28N2O4S/c1-19(2)22-13-15-23(16-14-22)28-27(30(35)36-4)20(3)32-31-33(28)29(34)26(38-31)18-21-9-8-12-25(17-21)37-24-10-6-5-7-11-24/h5-19,28H,1-4H3/b26-18+/t28-/m1/s1. The van der Waals surface area contributed by atoms with Crippen LogP contribution in [0.25, 0.3) is 6.08 Å². The van der Waals surface area contributed by atoms with Crippen molar-refractivity contribution in [3.63, 3.8) is 0 Å². The molecule has 0 bridgehead atoms. The average Bonchev–Trinajstić information content (AvgIpc) is 3.22. The maximum Gasteiger partial charge on any atom is 0.338 e. The van der Waals surface area contributed by atoms with Gasteiger partial charge in [0.05, 0.1) is 29.0 Å². The number of hydrogen-bond acceptors (Lipinski definition) is 6. The van der Waals surface area contributed by atoms with E-state index in [2.05, 4.69) is 18.8 Å². The normalized spacial score (nSPS) is 15.3. The van der Waals surface area contributed by atoms with Gasteiger partial charge in [0.2, 0.25) is 0 Å². The first-order chi connectivity index (χ1) is 18.4. The number of benzene rings is 3. The van der Waals surface area contributed by atoms with Crippen molar-refractivity contribution in [2.75, 3.05) is 7.11 Å². The molecule has 4 aromatic rings. The van der Waals surface area contributed by atoms with E-state index in [1.165, 1.54) is 24.0 Å². The van der Waals surface area contributed by atoms with E-state index < -0.39 is 12.0 Å². The monoisotopic (exact) mass is 524 g/mol. The Morgan fingerprint density at radius 2 is 1.71 bits per heavy atom. The fourth-order valence-corrected chi connectivity index (χ4v) is 5.56. The molecule has 1 aliphatic rings. The van der Waals surface area contributed by atoms with Crippen molar-refractivity contribution in [1.82, 2.24) is 4.57 Å². The van der Waals surface area contributed by atoms with Crippen LogP contribution in [0.2, 0.25) is 0 Å². The third kappa shape index (κ3) is 4.97. The summed E-state index contributed by atoms with van der Waals surface area (Å²) in [4.78, 5) is 31.8. The Morgan fingerprint density at radius 3 is 2.39 bits per heavy atom. The van der Waals surface area contributed by atoms with E-state index in [0.29, 0.717) is 32.3 Å². The molecule has 0 amide bonds. The maximum atomic E-state index is 13.8. The summed E-state index contributed by atoms with van der Waals surface area (Å²) in [5.41, 5.74) is 3.53. The third-order valence-electron chi connectivity index (χ3n) is 6.48. The summed E-state index contributed by atoms with van der Waals surface area (Å²) < 4.78 is 13.2. The molecular formula is C31H28N2O4S. The molecule has 1 atom stereocenters. The molecule has 3 aromatic carbocycles. The topological polar surface area (TPSA) is 69.9 Å². The zero-order chi connectivity index (χ0) is 26.8. The van der Waals surface area contributed by atoms with E-state index in [1.54, 1.807) is 11.5 Å². The Kier molecular flexibility index (Phi) is 7.11. The molecular weight excluding hydrogens is 496 g/mol. The highest BCUT2D eigenvalue weighted by Gasteiger charge is 2.33. The highest BCUT2D eigenvalue weighted by atomic mass is 32.1. The number of ether oxygens (including phenoxy) is 2. The largest absolute Gasteiger partial charge is 0.466 e. The molecule has 0 fully saturated rings. The van der Waals surface area contributed by atoms with Gasteiger partial charge in [0.25, 0.3) is 5.56 Å². The van der Waals surface area contributed by atoms with Crippen LogP contribution in [-0.2, 0) is 9.53 Å². The molecule has 5 rings (SSSR count). The second-order valence-corrected chi connectivity index (χ2v) is 10.4. The fourth-order valence-electron chi connectivity index (χ4n) is 4.52. The summed E-state index contributed by atoms with van der Waals surface area (Å²) in [6, 6.07) is 24.5. The van der Waals surface area contributed by atoms with Crippen LogP contribution in [0.1, 0.15) is 49.4 Å². The number of rotatable bonds is 6. The number of aromatic nitrogens is 1. The number of allylic oxidation sites excluding steroid dienone is 1. The van der Waals surface area contributed by atoms with Crippen LogP contribution in [0, 0.1) is 0 Å². The molecule has 6 nitrogen and oxygen atoms in total. The number of carbonyl (C=O) groups is 1. The lowest BCUT2D eigenvalue weighted by molar-refractivity contribution is -0.136. The van der Waals surface area contributed by atoms with Crippen molar-refractivity contribution in [1.29, 1.82) is 0 Å². The van der Waals surface area contributed by atoms with Crippen molar-refractivity contribution < 1.29 is 14.3 Å². The zero-order valence-electron chi connectivity index (χ0n) is 21.7. The van der Waals surface area contributed by atoms with E-state index >= 15 is 0 Å². The molecule has 38 heavy (non-hydrogen) atoms. The number of hydrogen-bond donors (Lipinski definition) is 0. The van der Waals surface area contributed by atoms with E-state index in [0.717, 1.165) is 16.9 Å². The van der Waals surface area contributed by atoms with Gasteiger partial charge in [0, 0.05) is 0 Å². The molecule has 192 valence electrons. The lowest BCUT2D eigenvalue weighted by Crippen LogP contribution is -2.39. The van der Waals surface area contributed by atoms with Crippen LogP contribution < -0.4 is 19.6 Å². The second-order valence-electron chi connectivity index (χ2n) is 9.38. The molecule has 0 N–H and O–H groups in total. The minimum atomic E-state index is -0.630. The number of carbonyl (C=O) groups excluding carboxylic acids is 1. The third-order valence-corrected chi connectivity index (χ3v) is 7.46. The van der Waals surface area contributed by atoms with Crippen molar-refractivity contribution in [2.24, 2.45) is 4.99 Å². The first kappa shape index (κ1) is 25.4. The van der Waals surface area contributed by atoms with Crippen LogP contribution in [0.3, 0.4) is 0 Å². The van der Waals surface area contributed by atoms with Crippen molar-refractivity contribution in [2.45, 2.75) is 32.7 Å². The van der Waals surface area contributed by atoms with Crippen molar-refractivity contribution >= 4 is 23.4 Å². The number of nitrogens with zero attached hydrogens (tertiary/aromatic N) is 2. The highest BCUT2D eigenvalue weighted by molar-refractivity contribution is 7.07. The Morgan fingerprint density at radius 1 is 1.00 bits per heavy atom. The summed E-state index contributed by atoms with van der Waals surface area (Å²) in [7, 11) is 1.34. The minimum Gasteiger partial charge on any atom is -0.466 e. The molecule has 2 heterocycles. The molecule has 0 saturated carbocycles. The van der Waals surface area contributed by atoms with Gasteiger partial charge in [-0.3, -0.25) is 9.36 Å². The average molecular weight is 525 g/mol. The Labute approximate surface area is 224 Å². The van der Waals surface area contributed by atoms with Crippen LogP contribution in [-0.4, -0.2) is 17.6 Å². The van der Waals surface area contributed by atoms with E-state index in [9.17, 15) is 9.59 Å². The Bertz CT molecular complexity index is 1700. The second kappa shape index (κ2) is 10.6. The van der Waals surface area contributed by atoms with Gasteiger partial charge in [-0.15, -0.1) is 0 Å². The molecule has 0 aliphatic carbocycles. The van der Waals surface area contributed by atoms with Gasteiger partial charge in [0.15, 0.2) is 4.80 Å². The van der Waals surface area contributed by atoms with Gasteiger partial charge in [0.1, 0.15) is 11.5 Å². The van der Waals surface area contributed by atoms with Crippen molar-refractivity contribution in [3.8, 4) is 11.5 Å². The fraction of sp³-hybridized carbons (Fsp3) is 0.194. The lowest BCUT2D eigenvalue weighted by Gasteiger charge is -2.24. The first-order valence-corrected chi connectivity index (χ1v) is 13.2. The molecule has 0 spiro atoms. The SMILES string of the molecule is COC(=O)C1=C(C)N=c2s/c(=C/c3cccc(Oc4ccccc4)c3)c(=O)n2[C@@H]1c1ccc(C(C)C)cc1. The van der Waals surface area contributed by atoms with Gasteiger partial charge in [-0.05, 0) is 59.9 Å². The summed E-state index contributed by atoms with van der Waals surface area (Å²) in [5, 5.41) is 0. The van der Waals surface area contributed by atoms with Crippen molar-refractivity contribution in [3.05, 3.63) is 127 Å². The summed E-state index contributed by atoms with van der Waals surface area (Å²) >= 11 is 1.30. The minimum absolute atomic E-state index is 0.213. The van der Waals surface area contributed by atoms with Crippen LogP contribution in [0.4, 0.5) is 0 Å². The number of methoxy groups -OCH3 is 1. The predicted molar refractivity (Wildman–Crippen MR) is 149 cm³/mol. The molecule has 0 unspecified atom stereocenters.